The average Bonchev–Trinajstić information content (AvgIpc) is 2.58. The average molecular weight is 312 g/mol. The molecule has 0 bridgehead atoms. The van der Waals surface area contributed by atoms with Gasteiger partial charge in [0.1, 0.15) is 5.75 Å². The molecule has 0 aliphatic carbocycles. The molecule has 2 amide bonds. The minimum Gasteiger partial charge on any atom is -0.484 e. The molecule has 7 nitrogen and oxygen atoms in total. The molecule has 1 aromatic heterocycles. The number of carbonyl (C=O) groups is 2. The molecule has 0 radical (unpaired) electrons. The Kier molecular flexibility index (Phi) is 5.40. The van der Waals surface area contributed by atoms with Crippen molar-refractivity contribution in [2.75, 3.05) is 6.61 Å². The van der Waals surface area contributed by atoms with Gasteiger partial charge in [-0.05, 0) is 48.9 Å². The van der Waals surface area contributed by atoms with E-state index < -0.39 is 5.91 Å². The van der Waals surface area contributed by atoms with Gasteiger partial charge >= 0.3 is 0 Å². The van der Waals surface area contributed by atoms with Gasteiger partial charge in [-0.25, -0.2) is 5.43 Å². The molecule has 2 aromatic rings. The molecule has 0 aliphatic rings. The van der Waals surface area contributed by atoms with E-state index >= 15 is 0 Å². The fraction of sp³-hybridized carbons (Fsp3) is 0.125. The number of rotatable bonds is 6. The predicted octanol–water partition coefficient (Wildman–Crippen LogP) is 1.10. The molecule has 118 valence electrons. The van der Waals surface area contributed by atoms with Crippen molar-refractivity contribution < 1.29 is 14.3 Å². The number of hydrazone groups is 1. The van der Waals surface area contributed by atoms with Crippen LogP contribution in [0.3, 0.4) is 0 Å². The van der Waals surface area contributed by atoms with Gasteiger partial charge in [-0.1, -0.05) is 0 Å². The number of nitrogens with one attached hydrogen (secondary N) is 1. The van der Waals surface area contributed by atoms with Crippen molar-refractivity contribution >= 4 is 17.5 Å². The molecule has 0 unspecified atom stereocenters. The van der Waals surface area contributed by atoms with Crippen LogP contribution in [0.1, 0.15) is 22.8 Å². The van der Waals surface area contributed by atoms with Crippen LogP contribution in [-0.2, 0) is 4.79 Å². The van der Waals surface area contributed by atoms with Crippen LogP contribution in [0, 0.1) is 0 Å². The summed E-state index contributed by atoms with van der Waals surface area (Å²) in [5, 5.41) is 4.06. The fourth-order valence-corrected chi connectivity index (χ4v) is 1.71. The van der Waals surface area contributed by atoms with Crippen LogP contribution >= 0.6 is 0 Å². The van der Waals surface area contributed by atoms with Gasteiger partial charge in [0.25, 0.3) is 11.8 Å². The molecule has 2 rings (SSSR count). The Morgan fingerprint density at radius 3 is 2.39 bits per heavy atom. The lowest BCUT2D eigenvalue weighted by atomic mass is 10.1. The van der Waals surface area contributed by atoms with Crippen LogP contribution in [0.4, 0.5) is 0 Å². The maximum Gasteiger partial charge on any atom is 0.271 e. The first-order valence-electron chi connectivity index (χ1n) is 6.82. The first kappa shape index (κ1) is 16.2. The van der Waals surface area contributed by atoms with E-state index in [0.717, 1.165) is 5.56 Å². The summed E-state index contributed by atoms with van der Waals surface area (Å²) < 4.78 is 5.17. The van der Waals surface area contributed by atoms with Crippen molar-refractivity contribution in [3.05, 3.63) is 59.9 Å². The van der Waals surface area contributed by atoms with E-state index in [2.05, 4.69) is 15.5 Å². The van der Waals surface area contributed by atoms with Crippen molar-refractivity contribution in [3.63, 3.8) is 0 Å². The van der Waals surface area contributed by atoms with Gasteiger partial charge in [0.15, 0.2) is 6.61 Å². The van der Waals surface area contributed by atoms with Crippen LogP contribution in [0.25, 0.3) is 0 Å². The van der Waals surface area contributed by atoms with Crippen molar-refractivity contribution in [3.8, 4) is 5.75 Å². The first-order chi connectivity index (χ1) is 11.1. The highest BCUT2D eigenvalue weighted by Crippen LogP contribution is 2.12. The molecule has 0 atom stereocenters. The van der Waals surface area contributed by atoms with Gasteiger partial charge in [0, 0.05) is 18.0 Å². The van der Waals surface area contributed by atoms with E-state index in [-0.39, 0.29) is 12.5 Å². The van der Waals surface area contributed by atoms with E-state index in [9.17, 15) is 9.59 Å². The van der Waals surface area contributed by atoms with Crippen LogP contribution in [0.2, 0.25) is 0 Å². The zero-order valence-corrected chi connectivity index (χ0v) is 12.5. The van der Waals surface area contributed by atoms with Crippen molar-refractivity contribution in [1.82, 2.24) is 10.4 Å². The lowest BCUT2D eigenvalue weighted by Gasteiger charge is -2.06. The maximum atomic E-state index is 11.9. The Hall–Kier alpha value is -3.22. The standard InChI is InChI=1S/C16H16N4O3/c1-11(19-20-16(22)13-6-8-18-9-7-13)12-2-4-14(5-3-12)23-10-15(17)21/h2-9H,10H2,1H3,(H2,17,21)(H,20,22)/b19-11+. The molecule has 0 aliphatic heterocycles. The first-order valence-corrected chi connectivity index (χ1v) is 6.82. The van der Waals surface area contributed by atoms with Gasteiger partial charge < -0.3 is 10.5 Å². The number of benzene rings is 1. The third kappa shape index (κ3) is 4.92. The van der Waals surface area contributed by atoms with E-state index in [1.54, 1.807) is 43.3 Å². The summed E-state index contributed by atoms with van der Waals surface area (Å²) in [7, 11) is 0. The predicted molar refractivity (Wildman–Crippen MR) is 85.0 cm³/mol. The minimum absolute atomic E-state index is 0.172. The second kappa shape index (κ2) is 7.69. The number of primary amides is 1. The van der Waals surface area contributed by atoms with E-state index in [1.165, 1.54) is 12.4 Å². The van der Waals surface area contributed by atoms with Crippen molar-refractivity contribution in [2.45, 2.75) is 6.92 Å². The number of aromatic nitrogens is 1. The lowest BCUT2D eigenvalue weighted by molar-refractivity contribution is -0.119. The summed E-state index contributed by atoms with van der Waals surface area (Å²) in [6, 6.07) is 10.1. The summed E-state index contributed by atoms with van der Waals surface area (Å²) in [6.45, 7) is 1.60. The quantitative estimate of drug-likeness (QED) is 0.615. The summed E-state index contributed by atoms with van der Waals surface area (Å²) >= 11 is 0. The Bertz CT molecular complexity index is 712. The van der Waals surface area contributed by atoms with Crippen LogP contribution in [-0.4, -0.2) is 29.1 Å². The summed E-state index contributed by atoms with van der Waals surface area (Å²) in [5.74, 6) is -0.319. The van der Waals surface area contributed by atoms with Crippen LogP contribution in [0.15, 0.2) is 53.9 Å². The van der Waals surface area contributed by atoms with Gasteiger partial charge in [-0.2, -0.15) is 5.10 Å². The van der Waals surface area contributed by atoms with Gasteiger partial charge in [-0.15, -0.1) is 0 Å². The number of carbonyl (C=O) groups excluding carboxylic acids is 2. The molecule has 3 N–H and O–H groups in total. The molecule has 1 heterocycles. The summed E-state index contributed by atoms with van der Waals surface area (Å²) in [4.78, 5) is 26.4. The van der Waals surface area contributed by atoms with E-state index in [1.807, 2.05) is 0 Å². The topological polar surface area (TPSA) is 107 Å². The van der Waals surface area contributed by atoms with Gasteiger partial charge in [0.2, 0.25) is 0 Å². The normalized spacial score (nSPS) is 10.9. The number of hydrogen-bond donors (Lipinski definition) is 2. The van der Waals surface area contributed by atoms with Crippen LogP contribution in [0.5, 0.6) is 5.75 Å². The maximum absolute atomic E-state index is 11.9. The van der Waals surface area contributed by atoms with Gasteiger partial charge in [0.05, 0.1) is 5.71 Å². The number of ether oxygens (including phenoxy) is 1. The molecule has 0 saturated carbocycles. The second-order valence-corrected chi connectivity index (χ2v) is 4.65. The highest BCUT2D eigenvalue weighted by Gasteiger charge is 2.04. The highest BCUT2D eigenvalue weighted by atomic mass is 16.5. The monoisotopic (exact) mass is 312 g/mol. The fourth-order valence-electron chi connectivity index (χ4n) is 1.71. The van der Waals surface area contributed by atoms with Crippen molar-refractivity contribution in [1.29, 1.82) is 0 Å². The Morgan fingerprint density at radius 2 is 1.78 bits per heavy atom. The number of pyridine rings is 1. The molecule has 0 saturated heterocycles. The van der Waals surface area contributed by atoms with Crippen molar-refractivity contribution in [2.24, 2.45) is 10.8 Å². The largest absolute Gasteiger partial charge is 0.484 e. The van der Waals surface area contributed by atoms with Crippen LogP contribution < -0.4 is 15.9 Å². The Morgan fingerprint density at radius 1 is 1.13 bits per heavy atom. The second-order valence-electron chi connectivity index (χ2n) is 4.65. The Balaban J connectivity index is 1.98. The molecule has 0 fully saturated rings. The number of hydrogen-bond acceptors (Lipinski definition) is 5. The number of nitrogens with zero attached hydrogens (tertiary/aromatic N) is 2. The summed E-state index contributed by atoms with van der Waals surface area (Å²) in [6.07, 6.45) is 3.08. The third-order valence-corrected chi connectivity index (χ3v) is 2.92. The summed E-state index contributed by atoms with van der Waals surface area (Å²) in [5.41, 5.74) is 9.41. The zero-order chi connectivity index (χ0) is 16.7. The molecule has 1 aromatic carbocycles. The molecule has 7 heteroatoms. The number of amides is 2. The highest BCUT2D eigenvalue weighted by molar-refractivity contribution is 6.00. The molecule has 0 spiro atoms. The molecular weight excluding hydrogens is 296 g/mol. The smallest absolute Gasteiger partial charge is 0.271 e. The Labute approximate surface area is 133 Å². The molecule has 23 heavy (non-hydrogen) atoms. The molecular formula is C16H16N4O3. The van der Waals surface area contributed by atoms with Gasteiger partial charge in [-0.3, -0.25) is 14.6 Å². The number of nitrogens with two attached hydrogens (primary N) is 1. The SMILES string of the molecule is C/C(=N\NC(=O)c1ccncc1)c1ccc(OCC(N)=O)cc1. The third-order valence-electron chi connectivity index (χ3n) is 2.92. The lowest BCUT2D eigenvalue weighted by Crippen LogP contribution is -2.20. The van der Waals surface area contributed by atoms with E-state index in [0.29, 0.717) is 17.0 Å². The minimum atomic E-state index is -0.536. The zero-order valence-electron chi connectivity index (χ0n) is 12.5. The van der Waals surface area contributed by atoms with E-state index in [4.69, 9.17) is 10.5 Å².